The van der Waals surface area contributed by atoms with E-state index in [1.807, 2.05) is 24.3 Å². The molecule has 1 aliphatic rings. The molecular formula is C20H15Cl2N3O4S. The van der Waals surface area contributed by atoms with Gasteiger partial charge in [-0.05, 0) is 41.6 Å². The van der Waals surface area contributed by atoms with Crippen molar-refractivity contribution < 1.29 is 19.1 Å². The number of hydrogen-bond donors (Lipinski definition) is 1. The molecule has 0 atom stereocenters. The van der Waals surface area contributed by atoms with E-state index < -0.39 is 11.9 Å². The summed E-state index contributed by atoms with van der Waals surface area (Å²) >= 11 is 12.9. The Kier molecular flexibility index (Phi) is 7.51. The second-order valence-electron chi connectivity index (χ2n) is 5.81. The van der Waals surface area contributed by atoms with E-state index in [1.165, 1.54) is 13.3 Å². The highest BCUT2D eigenvalue weighted by Gasteiger charge is 2.25. The predicted octanol–water partition coefficient (Wildman–Crippen LogP) is 4.18. The maximum atomic E-state index is 11.8. The summed E-state index contributed by atoms with van der Waals surface area (Å²) in [5, 5.41) is 11.7. The van der Waals surface area contributed by atoms with Crippen molar-refractivity contribution in [3.8, 4) is 5.75 Å². The molecule has 7 nitrogen and oxygen atoms in total. The second kappa shape index (κ2) is 10.3. The monoisotopic (exact) mass is 463 g/mol. The van der Waals surface area contributed by atoms with Gasteiger partial charge >= 0.3 is 5.97 Å². The molecule has 0 radical (unpaired) electrons. The third kappa shape index (κ3) is 5.85. The Balaban J connectivity index is 1.67. The Morgan fingerprint density at radius 1 is 1.20 bits per heavy atom. The number of carbonyl (C=O) groups excluding carboxylic acids is 2. The molecule has 1 aliphatic heterocycles. The van der Waals surface area contributed by atoms with Crippen molar-refractivity contribution in [3.63, 3.8) is 0 Å². The fourth-order valence-electron chi connectivity index (χ4n) is 2.29. The van der Waals surface area contributed by atoms with E-state index in [-0.39, 0.29) is 10.1 Å². The minimum Gasteiger partial charge on any atom is -0.488 e. The molecule has 1 fully saturated rings. The summed E-state index contributed by atoms with van der Waals surface area (Å²) in [5.41, 5.74) is 1.56. The first-order valence-electron chi connectivity index (χ1n) is 8.52. The van der Waals surface area contributed by atoms with Crippen LogP contribution in [0.1, 0.15) is 11.1 Å². The molecule has 30 heavy (non-hydrogen) atoms. The standard InChI is InChI=1S/C20H15Cl2N3O4S/c1-28-18(26)9-17-19(27)24-20(30-17)25-23-10-13-4-2-3-5-16(13)29-11-12-6-7-14(21)15(22)8-12/h2-10H,11H2,1H3,(H,24,25,27)/b17-9+,23-10?. The SMILES string of the molecule is COC(=O)/C=C1/S/C(=N\N=Cc2ccccc2OCc2ccc(Cl)c(Cl)c2)NC1=O. The van der Waals surface area contributed by atoms with Crippen LogP contribution in [-0.2, 0) is 20.9 Å². The molecule has 0 spiro atoms. The van der Waals surface area contributed by atoms with E-state index in [1.54, 1.807) is 18.2 Å². The minimum absolute atomic E-state index is 0.182. The first-order chi connectivity index (χ1) is 14.5. The van der Waals surface area contributed by atoms with Crippen LogP contribution in [0.2, 0.25) is 10.0 Å². The summed E-state index contributed by atoms with van der Waals surface area (Å²) < 4.78 is 10.4. The van der Waals surface area contributed by atoms with Gasteiger partial charge in [0.25, 0.3) is 5.91 Å². The molecule has 2 aromatic rings. The smallest absolute Gasteiger partial charge is 0.331 e. The number of benzene rings is 2. The Labute approximate surface area is 186 Å². The Morgan fingerprint density at radius 3 is 2.77 bits per heavy atom. The van der Waals surface area contributed by atoms with Crippen LogP contribution in [-0.4, -0.2) is 30.4 Å². The topological polar surface area (TPSA) is 89.3 Å². The molecule has 10 heteroatoms. The van der Waals surface area contributed by atoms with Gasteiger partial charge in [0.15, 0.2) is 5.17 Å². The lowest BCUT2D eigenvalue weighted by molar-refractivity contribution is -0.135. The number of amidine groups is 1. The van der Waals surface area contributed by atoms with Crippen molar-refractivity contribution >= 4 is 58.2 Å². The van der Waals surface area contributed by atoms with Crippen molar-refractivity contribution in [3.05, 3.63) is 74.6 Å². The molecule has 0 bridgehead atoms. The van der Waals surface area contributed by atoms with E-state index >= 15 is 0 Å². The lowest BCUT2D eigenvalue weighted by Gasteiger charge is -2.09. The normalized spacial score (nSPS) is 16.3. The van der Waals surface area contributed by atoms with Gasteiger partial charge in [-0.25, -0.2) is 4.79 Å². The molecule has 1 N–H and O–H groups in total. The van der Waals surface area contributed by atoms with Crippen molar-refractivity contribution in [1.29, 1.82) is 0 Å². The van der Waals surface area contributed by atoms with Crippen molar-refractivity contribution in [2.45, 2.75) is 6.61 Å². The number of ether oxygens (including phenoxy) is 2. The Morgan fingerprint density at radius 2 is 2.00 bits per heavy atom. The molecule has 0 aliphatic carbocycles. The highest BCUT2D eigenvalue weighted by molar-refractivity contribution is 8.18. The predicted molar refractivity (Wildman–Crippen MR) is 118 cm³/mol. The lowest BCUT2D eigenvalue weighted by atomic mass is 10.2. The number of para-hydroxylation sites is 1. The van der Waals surface area contributed by atoms with E-state index in [2.05, 4.69) is 20.3 Å². The molecule has 0 aromatic heterocycles. The fraction of sp³-hybridized carbons (Fsp3) is 0.100. The van der Waals surface area contributed by atoms with Gasteiger partial charge in [0.05, 0.1) is 28.3 Å². The van der Waals surface area contributed by atoms with E-state index in [4.69, 9.17) is 27.9 Å². The zero-order valence-corrected chi connectivity index (χ0v) is 17.9. The zero-order valence-electron chi connectivity index (χ0n) is 15.6. The van der Waals surface area contributed by atoms with Crippen LogP contribution >= 0.6 is 35.0 Å². The number of thioether (sulfide) groups is 1. The van der Waals surface area contributed by atoms with Gasteiger partial charge < -0.3 is 9.47 Å². The molecular weight excluding hydrogens is 449 g/mol. The molecule has 1 saturated heterocycles. The maximum Gasteiger partial charge on any atom is 0.331 e. The van der Waals surface area contributed by atoms with Crippen LogP contribution in [0.15, 0.2) is 63.6 Å². The summed E-state index contributed by atoms with van der Waals surface area (Å²) in [6, 6.07) is 12.6. The highest BCUT2D eigenvalue weighted by atomic mass is 35.5. The number of amides is 1. The zero-order chi connectivity index (χ0) is 21.5. The molecule has 1 heterocycles. The first-order valence-corrected chi connectivity index (χ1v) is 10.1. The number of esters is 1. The summed E-state index contributed by atoms with van der Waals surface area (Å²) in [4.78, 5) is 23.3. The molecule has 154 valence electrons. The number of nitrogens with one attached hydrogen (secondary N) is 1. The van der Waals surface area contributed by atoms with Gasteiger partial charge in [0.2, 0.25) is 0 Å². The van der Waals surface area contributed by atoms with Gasteiger partial charge in [-0.3, -0.25) is 10.1 Å². The number of carbonyl (C=O) groups is 2. The average Bonchev–Trinajstić information content (AvgIpc) is 3.08. The first kappa shape index (κ1) is 21.9. The molecule has 0 saturated carbocycles. The van der Waals surface area contributed by atoms with Crippen molar-refractivity contribution in [2.24, 2.45) is 10.2 Å². The van der Waals surface area contributed by atoms with Crippen LogP contribution in [0.4, 0.5) is 0 Å². The van der Waals surface area contributed by atoms with Crippen molar-refractivity contribution in [1.82, 2.24) is 5.32 Å². The quantitative estimate of drug-likeness (QED) is 0.300. The van der Waals surface area contributed by atoms with Crippen LogP contribution in [0.25, 0.3) is 0 Å². The van der Waals surface area contributed by atoms with Crippen LogP contribution in [0.3, 0.4) is 0 Å². The Bertz CT molecular complexity index is 1070. The second-order valence-corrected chi connectivity index (χ2v) is 7.66. The lowest BCUT2D eigenvalue weighted by Crippen LogP contribution is -2.19. The number of methoxy groups -OCH3 is 1. The van der Waals surface area contributed by atoms with E-state index in [0.717, 1.165) is 23.4 Å². The fourth-order valence-corrected chi connectivity index (χ4v) is 3.35. The third-order valence-electron chi connectivity index (χ3n) is 3.74. The number of hydrogen-bond acceptors (Lipinski definition) is 7. The van der Waals surface area contributed by atoms with Crippen LogP contribution in [0, 0.1) is 0 Å². The third-order valence-corrected chi connectivity index (χ3v) is 5.38. The molecule has 2 aromatic carbocycles. The summed E-state index contributed by atoms with van der Waals surface area (Å²) in [7, 11) is 1.23. The molecule has 0 unspecified atom stereocenters. The van der Waals surface area contributed by atoms with Gasteiger partial charge in [-0.2, -0.15) is 5.10 Å². The summed E-state index contributed by atoms with van der Waals surface area (Å²) in [6.45, 7) is 0.295. The maximum absolute atomic E-state index is 11.8. The summed E-state index contributed by atoms with van der Waals surface area (Å²) in [6.07, 6.45) is 2.60. The van der Waals surface area contributed by atoms with Gasteiger partial charge in [-0.15, -0.1) is 5.10 Å². The van der Waals surface area contributed by atoms with Crippen molar-refractivity contribution in [2.75, 3.05) is 7.11 Å². The number of nitrogens with zero attached hydrogens (tertiary/aromatic N) is 2. The van der Waals surface area contributed by atoms with Crippen LogP contribution in [0.5, 0.6) is 5.75 Å². The van der Waals surface area contributed by atoms with Gasteiger partial charge in [0.1, 0.15) is 12.4 Å². The molecule has 1 amide bonds. The number of halogens is 2. The minimum atomic E-state index is -0.620. The molecule has 3 rings (SSSR count). The van der Waals surface area contributed by atoms with E-state index in [9.17, 15) is 9.59 Å². The van der Waals surface area contributed by atoms with Gasteiger partial charge in [0, 0.05) is 11.6 Å². The largest absolute Gasteiger partial charge is 0.488 e. The Hall–Kier alpha value is -2.81. The summed E-state index contributed by atoms with van der Waals surface area (Å²) in [5.74, 6) is -0.461. The number of rotatable bonds is 6. The van der Waals surface area contributed by atoms with E-state index in [0.29, 0.717) is 28.0 Å². The average molecular weight is 464 g/mol. The highest BCUT2D eigenvalue weighted by Crippen LogP contribution is 2.25. The van der Waals surface area contributed by atoms with Crippen LogP contribution < -0.4 is 10.1 Å². The van der Waals surface area contributed by atoms with Gasteiger partial charge in [-0.1, -0.05) is 41.4 Å².